The van der Waals surface area contributed by atoms with Gasteiger partial charge in [0.25, 0.3) is 0 Å². The van der Waals surface area contributed by atoms with Gasteiger partial charge in [-0.15, -0.1) is 5.10 Å². The summed E-state index contributed by atoms with van der Waals surface area (Å²) in [5.41, 5.74) is 0.920. The number of aromatic nitrogens is 2. The Hall–Kier alpha value is -0.828. The molecule has 8 heteroatoms. The normalized spacial score (nSPS) is 19.9. The van der Waals surface area contributed by atoms with Crippen LogP contribution in [0.1, 0.15) is 54.2 Å². The summed E-state index contributed by atoms with van der Waals surface area (Å²) in [5, 5.41) is 4.64. The fourth-order valence-corrected chi connectivity index (χ4v) is 3.46. The SMILES string of the molecule is COc1nn(C)c(CO[Si](C)(C)C(C)(C)C)c1B1OC(C)(C)C(C)(C)O1. The zero-order chi connectivity index (χ0) is 20.1. The van der Waals surface area contributed by atoms with Crippen molar-refractivity contribution >= 4 is 20.9 Å². The molecule has 0 aromatic carbocycles. The van der Waals surface area contributed by atoms with Gasteiger partial charge in [-0.2, -0.15) is 0 Å². The van der Waals surface area contributed by atoms with E-state index in [1.807, 2.05) is 39.4 Å². The fourth-order valence-electron chi connectivity index (χ4n) is 2.53. The Morgan fingerprint density at radius 1 is 1.12 bits per heavy atom. The van der Waals surface area contributed by atoms with E-state index in [0.717, 1.165) is 11.2 Å². The quantitative estimate of drug-likeness (QED) is 0.732. The van der Waals surface area contributed by atoms with Crippen LogP contribution in [-0.2, 0) is 27.4 Å². The van der Waals surface area contributed by atoms with Gasteiger partial charge < -0.3 is 18.5 Å². The molecule has 0 atom stereocenters. The largest absolute Gasteiger partial charge is 0.502 e. The molecule has 0 bridgehead atoms. The third kappa shape index (κ3) is 3.74. The van der Waals surface area contributed by atoms with Crippen LogP contribution < -0.4 is 10.2 Å². The zero-order valence-corrected chi connectivity index (χ0v) is 19.3. The van der Waals surface area contributed by atoms with Crippen LogP contribution in [0.15, 0.2) is 0 Å². The van der Waals surface area contributed by atoms with E-state index in [2.05, 4.69) is 39.0 Å². The minimum atomic E-state index is -1.89. The van der Waals surface area contributed by atoms with E-state index in [-0.39, 0.29) is 5.04 Å². The molecular weight excluding hydrogens is 347 g/mol. The number of hydrogen-bond donors (Lipinski definition) is 0. The molecular formula is C18H35BN2O4Si. The van der Waals surface area contributed by atoms with Crippen molar-refractivity contribution < 1.29 is 18.5 Å². The Labute approximate surface area is 159 Å². The maximum absolute atomic E-state index is 6.43. The summed E-state index contributed by atoms with van der Waals surface area (Å²) in [6.07, 6.45) is 0. The number of hydrogen-bond acceptors (Lipinski definition) is 5. The average Bonchev–Trinajstić information content (AvgIpc) is 2.88. The Kier molecular flexibility index (Phi) is 5.49. The van der Waals surface area contributed by atoms with Gasteiger partial charge in [-0.05, 0) is 45.8 Å². The first-order valence-corrected chi connectivity index (χ1v) is 12.1. The third-order valence-electron chi connectivity index (χ3n) is 6.23. The van der Waals surface area contributed by atoms with Crippen molar-refractivity contribution in [3.8, 4) is 5.88 Å². The summed E-state index contributed by atoms with van der Waals surface area (Å²) in [6.45, 7) is 19.8. The van der Waals surface area contributed by atoms with Crippen LogP contribution in [0.2, 0.25) is 18.1 Å². The second kappa shape index (κ2) is 6.65. The number of methoxy groups -OCH3 is 1. The summed E-state index contributed by atoms with van der Waals surface area (Å²) in [7, 11) is 1.10. The highest BCUT2D eigenvalue weighted by Crippen LogP contribution is 2.39. The molecule has 2 heterocycles. The predicted molar refractivity (Wildman–Crippen MR) is 107 cm³/mol. The molecule has 1 aliphatic heterocycles. The van der Waals surface area contributed by atoms with E-state index < -0.39 is 26.6 Å². The predicted octanol–water partition coefficient (Wildman–Crippen LogP) is 3.25. The van der Waals surface area contributed by atoms with Gasteiger partial charge in [0, 0.05) is 7.05 Å². The second-order valence-corrected chi connectivity index (χ2v) is 14.4. The van der Waals surface area contributed by atoms with Gasteiger partial charge in [0.2, 0.25) is 5.88 Å². The summed E-state index contributed by atoms with van der Waals surface area (Å²) in [5.74, 6) is 0.528. The minimum absolute atomic E-state index is 0.139. The Morgan fingerprint density at radius 3 is 2.04 bits per heavy atom. The van der Waals surface area contributed by atoms with Gasteiger partial charge in [-0.3, -0.25) is 4.68 Å². The van der Waals surface area contributed by atoms with Crippen molar-refractivity contribution in [1.29, 1.82) is 0 Å². The number of aryl methyl sites for hydroxylation is 1. The first-order chi connectivity index (χ1) is 11.6. The average molecular weight is 382 g/mol. The molecule has 1 aliphatic rings. The highest BCUT2D eigenvalue weighted by molar-refractivity contribution is 6.74. The molecule has 1 saturated heterocycles. The molecule has 0 unspecified atom stereocenters. The van der Waals surface area contributed by atoms with Gasteiger partial charge >= 0.3 is 7.12 Å². The maximum Gasteiger partial charge on any atom is 0.502 e. The molecule has 6 nitrogen and oxygen atoms in total. The van der Waals surface area contributed by atoms with Crippen LogP contribution in [-0.4, -0.2) is 43.5 Å². The van der Waals surface area contributed by atoms with Crippen molar-refractivity contribution in [2.75, 3.05) is 7.11 Å². The van der Waals surface area contributed by atoms with E-state index in [4.69, 9.17) is 18.5 Å². The lowest BCUT2D eigenvalue weighted by Gasteiger charge is -2.36. The molecule has 26 heavy (non-hydrogen) atoms. The zero-order valence-electron chi connectivity index (χ0n) is 18.3. The molecule has 0 amide bonds. The molecule has 1 fully saturated rings. The Balaban J connectivity index is 2.36. The molecule has 0 N–H and O–H groups in total. The highest BCUT2D eigenvalue weighted by atomic mass is 28.4. The molecule has 0 radical (unpaired) electrons. The first-order valence-electron chi connectivity index (χ1n) is 9.22. The standard InChI is InChI=1S/C18H35BN2O4Si/c1-16(2,3)26(10,11)23-12-13-14(15(22-9)20-21(13)8)19-24-17(4,5)18(6,7)25-19/h12H2,1-11H3. The maximum atomic E-state index is 6.43. The van der Waals surface area contributed by atoms with Crippen LogP contribution in [0, 0.1) is 0 Å². The molecule has 0 aliphatic carbocycles. The van der Waals surface area contributed by atoms with E-state index in [9.17, 15) is 0 Å². The van der Waals surface area contributed by atoms with Gasteiger partial charge in [-0.25, -0.2) is 0 Å². The summed E-state index contributed by atoms with van der Waals surface area (Å²) in [4.78, 5) is 0. The number of ether oxygens (including phenoxy) is 1. The lowest BCUT2D eigenvalue weighted by Crippen LogP contribution is -2.42. The fraction of sp³-hybridized carbons (Fsp3) is 0.833. The van der Waals surface area contributed by atoms with Gasteiger partial charge in [-0.1, -0.05) is 20.8 Å². The number of rotatable bonds is 5. The van der Waals surface area contributed by atoms with E-state index in [1.165, 1.54) is 0 Å². The van der Waals surface area contributed by atoms with Gasteiger partial charge in [0.05, 0.1) is 36.1 Å². The van der Waals surface area contributed by atoms with Crippen LogP contribution in [0.3, 0.4) is 0 Å². The van der Waals surface area contributed by atoms with Crippen molar-refractivity contribution in [3.05, 3.63) is 5.69 Å². The lowest BCUT2D eigenvalue weighted by atomic mass is 9.78. The minimum Gasteiger partial charge on any atom is -0.480 e. The lowest BCUT2D eigenvalue weighted by molar-refractivity contribution is 0.00578. The van der Waals surface area contributed by atoms with Gasteiger partial charge in [0.1, 0.15) is 0 Å². The summed E-state index contributed by atoms with van der Waals surface area (Å²) >= 11 is 0. The molecule has 0 saturated carbocycles. The Bertz CT molecular complexity index is 649. The van der Waals surface area contributed by atoms with Crippen LogP contribution in [0.5, 0.6) is 5.88 Å². The van der Waals surface area contributed by atoms with Crippen LogP contribution in [0.25, 0.3) is 0 Å². The van der Waals surface area contributed by atoms with Gasteiger partial charge in [0.15, 0.2) is 8.32 Å². The van der Waals surface area contributed by atoms with Crippen LogP contribution in [0.4, 0.5) is 0 Å². The number of nitrogens with zero attached hydrogens (tertiary/aromatic N) is 2. The highest BCUT2D eigenvalue weighted by Gasteiger charge is 2.54. The van der Waals surface area contributed by atoms with Crippen molar-refractivity contribution in [2.45, 2.75) is 84.4 Å². The summed E-state index contributed by atoms with van der Waals surface area (Å²) in [6, 6.07) is 0. The van der Waals surface area contributed by atoms with Crippen LogP contribution >= 0.6 is 0 Å². The monoisotopic (exact) mass is 382 g/mol. The molecule has 2 rings (SSSR count). The topological polar surface area (TPSA) is 54.7 Å². The second-order valence-electron chi connectivity index (χ2n) is 9.63. The smallest absolute Gasteiger partial charge is 0.480 e. The van der Waals surface area contributed by atoms with Crippen molar-refractivity contribution in [1.82, 2.24) is 9.78 Å². The molecule has 0 spiro atoms. The van der Waals surface area contributed by atoms with E-state index >= 15 is 0 Å². The van der Waals surface area contributed by atoms with Crippen molar-refractivity contribution in [3.63, 3.8) is 0 Å². The Morgan fingerprint density at radius 2 is 1.62 bits per heavy atom. The van der Waals surface area contributed by atoms with E-state index in [0.29, 0.717) is 12.5 Å². The van der Waals surface area contributed by atoms with Crippen molar-refractivity contribution in [2.24, 2.45) is 7.05 Å². The third-order valence-corrected chi connectivity index (χ3v) is 10.7. The summed E-state index contributed by atoms with van der Waals surface area (Å²) < 4.78 is 26.3. The first kappa shape index (κ1) is 21.5. The molecule has 1 aromatic rings. The van der Waals surface area contributed by atoms with E-state index in [1.54, 1.807) is 7.11 Å². The molecule has 1 aromatic heterocycles. The molecule has 148 valence electrons.